The van der Waals surface area contributed by atoms with Crippen LogP contribution in [0.5, 0.6) is 11.6 Å². The van der Waals surface area contributed by atoms with E-state index in [2.05, 4.69) is 31.5 Å². The number of nitrogens with zero attached hydrogens (tertiary/aromatic N) is 2. The zero-order chi connectivity index (χ0) is 18.4. The average Bonchev–Trinajstić information content (AvgIpc) is 2.61. The molecule has 0 saturated carbocycles. The number of anilines is 1. The number of nitrogens with two attached hydrogens (primary N) is 1. The lowest BCUT2D eigenvalue weighted by Gasteiger charge is -2.19. The third kappa shape index (κ3) is 4.10. The Balaban J connectivity index is 2.72. The van der Waals surface area contributed by atoms with Gasteiger partial charge in [-0.2, -0.15) is 10.2 Å². The number of hydrogen-bond acceptors (Lipinski definition) is 5. The van der Waals surface area contributed by atoms with E-state index in [1.165, 1.54) is 0 Å². The van der Waals surface area contributed by atoms with Gasteiger partial charge in [-0.15, -0.1) is 0 Å². The lowest BCUT2D eigenvalue weighted by atomic mass is 9.91. The fourth-order valence-electron chi connectivity index (χ4n) is 2.66. The van der Waals surface area contributed by atoms with E-state index < -0.39 is 0 Å². The Hall–Kier alpha value is -3.00. The molecule has 0 saturated heterocycles. The van der Waals surface area contributed by atoms with E-state index >= 15 is 0 Å². The monoisotopic (exact) mass is 337 g/mol. The minimum absolute atomic E-state index is 0.167. The van der Waals surface area contributed by atoms with Crippen molar-refractivity contribution in [2.75, 3.05) is 19.5 Å². The van der Waals surface area contributed by atoms with Crippen LogP contribution in [0.15, 0.2) is 36.9 Å². The van der Waals surface area contributed by atoms with Gasteiger partial charge >= 0.3 is 0 Å². The third-order valence-corrected chi connectivity index (χ3v) is 3.73. The number of benzene rings is 1. The van der Waals surface area contributed by atoms with Gasteiger partial charge in [0.05, 0.1) is 7.11 Å². The van der Waals surface area contributed by atoms with Crippen molar-refractivity contribution in [2.24, 2.45) is 5.92 Å². The van der Waals surface area contributed by atoms with Gasteiger partial charge in [-0.3, -0.25) is 0 Å². The molecule has 0 atom stereocenters. The minimum atomic E-state index is 0.167. The van der Waals surface area contributed by atoms with Crippen LogP contribution in [-0.2, 0) is 6.42 Å². The maximum absolute atomic E-state index is 9.64. The van der Waals surface area contributed by atoms with Gasteiger partial charge in [-0.1, -0.05) is 38.6 Å². The second-order valence-corrected chi connectivity index (χ2v) is 6.07. The van der Waals surface area contributed by atoms with Crippen molar-refractivity contribution in [3.8, 4) is 28.8 Å². The van der Waals surface area contributed by atoms with E-state index in [4.69, 9.17) is 15.2 Å². The standard InChI is InChI=1S/C20H23N3O2/c1-5-10-25-20-16(11-13(2)3)18(17(12-21)19(22)23-20)14-6-8-15(24-4)9-7-14/h5-9,13H,1,10-11H2,2-4H3,(H2,22,23). The van der Waals surface area contributed by atoms with Gasteiger partial charge in [0.1, 0.15) is 29.8 Å². The molecule has 2 rings (SSSR count). The zero-order valence-electron chi connectivity index (χ0n) is 14.9. The first kappa shape index (κ1) is 18.3. The molecule has 1 aromatic carbocycles. The fourth-order valence-corrected chi connectivity index (χ4v) is 2.66. The molecule has 130 valence electrons. The topological polar surface area (TPSA) is 81.2 Å². The highest BCUT2D eigenvalue weighted by atomic mass is 16.5. The van der Waals surface area contributed by atoms with Crippen molar-refractivity contribution in [1.29, 1.82) is 5.26 Å². The lowest BCUT2D eigenvalue weighted by Crippen LogP contribution is -2.09. The second kappa shape index (κ2) is 8.20. The fraction of sp³-hybridized carbons (Fsp3) is 0.300. The van der Waals surface area contributed by atoms with Gasteiger partial charge in [-0.25, -0.2) is 0 Å². The molecule has 0 bridgehead atoms. The molecule has 0 aliphatic carbocycles. The molecule has 0 aliphatic heterocycles. The summed E-state index contributed by atoms with van der Waals surface area (Å²) >= 11 is 0. The van der Waals surface area contributed by atoms with Crippen LogP contribution in [0, 0.1) is 17.2 Å². The SMILES string of the molecule is C=CCOc1nc(N)c(C#N)c(-c2ccc(OC)cc2)c1CC(C)C. The van der Waals surface area contributed by atoms with Crippen molar-refractivity contribution >= 4 is 5.82 Å². The zero-order valence-corrected chi connectivity index (χ0v) is 14.9. The van der Waals surface area contributed by atoms with Crippen LogP contribution in [-0.4, -0.2) is 18.7 Å². The van der Waals surface area contributed by atoms with Crippen LogP contribution in [0.1, 0.15) is 25.0 Å². The molecule has 0 radical (unpaired) electrons. The largest absolute Gasteiger partial charge is 0.497 e. The molecule has 0 amide bonds. The maximum Gasteiger partial charge on any atom is 0.219 e. The van der Waals surface area contributed by atoms with Gasteiger partial charge in [-0.05, 0) is 30.0 Å². The van der Waals surface area contributed by atoms with Crippen molar-refractivity contribution in [3.63, 3.8) is 0 Å². The Labute approximate surface area is 148 Å². The number of nitriles is 1. The summed E-state index contributed by atoms with van der Waals surface area (Å²) in [4.78, 5) is 4.31. The van der Waals surface area contributed by atoms with E-state index in [0.717, 1.165) is 28.9 Å². The normalized spacial score (nSPS) is 10.4. The highest BCUT2D eigenvalue weighted by Gasteiger charge is 2.21. The Kier molecular flexibility index (Phi) is 6.02. The van der Waals surface area contributed by atoms with Crippen LogP contribution in [0.25, 0.3) is 11.1 Å². The Morgan fingerprint density at radius 3 is 2.52 bits per heavy atom. The molecule has 0 unspecified atom stereocenters. The number of nitrogen functional groups attached to an aromatic ring is 1. The smallest absolute Gasteiger partial charge is 0.219 e. The molecular weight excluding hydrogens is 314 g/mol. The van der Waals surface area contributed by atoms with Crippen LogP contribution < -0.4 is 15.2 Å². The summed E-state index contributed by atoms with van der Waals surface area (Å²) in [6, 6.07) is 9.73. The summed E-state index contributed by atoms with van der Waals surface area (Å²) in [7, 11) is 1.62. The molecule has 0 aliphatic rings. The van der Waals surface area contributed by atoms with Crippen LogP contribution in [0.3, 0.4) is 0 Å². The lowest BCUT2D eigenvalue weighted by molar-refractivity contribution is 0.343. The van der Waals surface area contributed by atoms with E-state index in [9.17, 15) is 5.26 Å². The average molecular weight is 337 g/mol. The number of hydrogen-bond donors (Lipinski definition) is 1. The molecule has 0 spiro atoms. The summed E-state index contributed by atoms with van der Waals surface area (Å²) < 4.78 is 11.0. The minimum Gasteiger partial charge on any atom is -0.497 e. The summed E-state index contributed by atoms with van der Waals surface area (Å²) in [6.07, 6.45) is 2.37. The molecule has 0 fully saturated rings. The van der Waals surface area contributed by atoms with Crippen molar-refractivity contribution in [2.45, 2.75) is 20.3 Å². The van der Waals surface area contributed by atoms with Gasteiger partial charge < -0.3 is 15.2 Å². The third-order valence-electron chi connectivity index (χ3n) is 3.73. The first-order valence-corrected chi connectivity index (χ1v) is 8.12. The Bertz CT molecular complexity index is 790. The highest BCUT2D eigenvalue weighted by Crippen LogP contribution is 2.37. The number of rotatable bonds is 7. The molecular formula is C20H23N3O2. The number of methoxy groups -OCH3 is 1. The molecule has 2 aromatic rings. The first-order chi connectivity index (χ1) is 12.0. The first-order valence-electron chi connectivity index (χ1n) is 8.12. The van der Waals surface area contributed by atoms with Gasteiger partial charge in [0.2, 0.25) is 5.88 Å². The quantitative estimate of drug-likeness (QED) is 0.773. The van der Waals surface area contributed by atoms with Crippen LogP contribution in [0.2, 0.25) is 0 Å². The predicted molar refractivity (Wildman–Crippen MR) is 99.6 cm³/mol. The van der Waals surface area contributed by atoms with E-state index in [1.807, 2.05) is 24.3 Å². The second-order valence-electron chi connectivity index (χ2n) is 6.07. The van der Waals surface area contributed by atoms with Crippen molar-refractivity contribution in [3.05, 3.63) is 48.0 Å². The van der Waals surface area contributed by atoms with E-state index in [1.54, 1.807) is 13.2 Å². The van der Waals surface area contributed by atoms with Gasteiger partial charge in [0.25, 0.3) is 0 Å². The summed E-state index contributed by atoms with van der Waals surface area (Å²) in [6.45, 7) is 8.21. The molecule has 5 nitrogen and oxygen atoms in total. The van der Waals surface area contributed by atoms with Gasteiger partial charge in [0, 0.05) is 11.1 Å². The van der Waals surface area contributed by atoms with Crippen molar-refractivity contribution < 1.29 is 9.47 Å². The summed E-state index contributed by atoms with van der Waals surface area (Å²) in [5.74, 6) is 1.73. The number of ether oxygens (including phenoxy) is 2. The molecule has 25 heavy (non-hydrogen) atoms. The summed E-state index contributed by atoms with van der Waals surface area (Å²) in [5.41, 5.74) is 8.93. The van der Waals surface area contributed by atoms with Crippen molar-refractivity contribution in [1.82, 2.24) is 4.98 Å². The summed E-state index contributed by atoms with van der Waals surface area (Å²) in [5, 5.41) is 9.64. The Morgan fingerprint density at radius 2 is 2.00 bits per heavy atom. The van der Waals surface area contributed by atoms with Gasteiger partial charge in [0.15, 0.2) is 0 Å². The Morgan fingerprint density at radius 1 is 1.32 bits per heavy atom. The van der Waals surface area contributed by atoms with E-state index in [0.29, 0.717) is 24.0 Å². The maximum atomic E-state index is 9.64. The van der Waals surface area contributed by atoms with Crippen LogP contribution in [0.4, 0.5) is 5.82 Å². The number of aromatic nitrogens is 1. The van der Waals surface area contributed by atoms with E-state index in [-0.39, 0.29) is 5.82 Å². The highest BCUT2D eigenvalue weighted by molar-refractivity contribution is 5.80. The molecule has 1 heterocycles. The molecule has 2 N–H and O–H groups in total. The van der Waals surface area contributed by atoms with Crippen LogP contribution >= 0.6 is 0 Å². The molecule has 5 heteroatoms. The number of pyridine rings is 1. The molecule has 1 aromatic heterocycles. The predicted octanol–water partition coefficient (Wildman–Crippen LogP) is 3.97.